The molecule has 1 N–H and O–H groups in total. The van der Waals surface area contributed by atoms with Crippen molar-refractivity contribution >= 4 is 11.9 Å². The molecule has 0 spiro atoms. The zero-order chi connectivity index (χ0) is 18.1. The minimum absolute atomic E-state index is 0.194. The Morgan fingerprint density at radius 2 is 2.04 bits per heavy atom. The van der Waals surface area contributed by atoms with Crippen LogP contribution in [0.1, 0.15) is 51.0 Å². The molecule has 1 aliphatic carbocycles. The molecule has 1 aromatic carbocycles. The smallest absolute Gasteiger partial charge is 0.306 e. The van der Waals surface area contributed by atoms with Crippen molar-refractivity contribution in [1.82, 2.24) is 5.32 Å². The van der Waals surface area contributed by atoms with E-state index >= 15 is 0 Å². The van der Waals surface area contributed by atoms with Crippen LogP contribution in [0.3, 0.4) is 0 Å². The topological polar surface area (TPSA) is 64.6 Å². The van der Waals surface area contributed by atoms with E-state index in [1.54, 1.807) is 0 Å². The Labute approximate surface area is 150 Å². The number of hydrogen-bond acceptors (Lipinski definition) is 4. The molecule has 0 aromatic heterocycles. The van der Waals surface area contributed by atoms with Crippen LogP contribution in [0.2, 0.25) is 0 Å². The van der Waals surface area contributed by atoms with Gasteiger partial charge in [0.15, 0.2) is 6.61 Å². The summed E-state index contributed by atoms with van der Waals surface area (Å²) in [7, 11) is 0. The summed E-state index contributed by atoms with van der Waals surface area (Å²) < 4.78 is 10.6. The SMILES string of the molecule is Cc1cccc(OCCCC(=O)OCC(=O)N[C@@H]2CCCC[C@H]2C)c1. The van der Waals surface area contributed by atoms with Gasteiger partial charge < -0.3 is 14.8 Å². The van der Waals surface area contributed by atoms with Crippen LogP contribution in [0.5, 0.6) is 5.75 Å². The van der Waals surface area contributed by atoms with E-state index in [4.69, 9.17) is 9.47 Å². The largest absolute Gasteiger partial charge is 0.494 e. The first kappa shape index (κ1) is 19.3. The lowest BCUT2D eigenvalue weighted by Gasteiger charge is -2.29. The Morgan fingerprint density at radius 3 is 2.80 bits per heavy atom. The van der Waals surface area contributed by atoms with Crippen LogP contribution in [0.15, 0.2) is 24.3 Å². The average Bonchev–Trinajstić information content (AvgIpc) is 2.59. The monoisotopic (exact) mass is 347 g/mol. The van der Waals surface area contributed by atoms with Gasteiger partial charge in [-0.3, -0.25) is 9.59 Å². The number of rotatable bonds is 8. The molecule has 25 heavy (non-hydrogen) atoms. The molecule has 5 nitrogen and oxygen atoms in total. The van der Waals surface area contributed by atoms with Crippen molar-refractivity contribution in [1.29, 1.82) is 0 Å². The fourth-order valence-electron chi connectivity index (χ4n) is 3.11. The summed E-state index contributed by atoms with van der Waals surface area (Å²) >= 11 is 0. The lowest BCUT2D eigenvalue weighted by Crippen LogP contribution is -2.42. The highest BCUT2D eigenvalue weighted by atomic mass is 16.5. The van der Waals surface area contributed by atoms with E-state index in [0.29, 0.717) is 18.9 Å². The summed E-state index contributed by atoms with van der Waals surface area (Å²) in [4.78, 5) is 23.6. The molecule has 2 rings (SSSR count). The van der Waals surface area contributed by atoms with E-state index in [-0.39, 0.29) is 30.9 Å². The first-order valence-electron chi connectivity index (χ1n) is 9.19. The number of hydrogen-bond donors (Lipinski definition) is 1. The van der Waals surface area contributed by atoms with Crippen molar-refractivity contribution in [3.05, 3.63) is 29.8 Å². The number of carbonyl (C=O) groups is 2. The molecule has 1 amide bonds. The molecule has 0 saturated heterocycles. The number of carbonyl (C=O) groups excluding carboxylic acids is 2. The summed E-state index contributed by atoms with van der Waals surface area (Å²) in [5.74, 6) is 0.726. The van der Waals surface area contributed by atoms with Gasteiger partial charge in [-0.2, -0.15) is 0 Å². The maximum absolute atomic E-state index is 11.9. The third-order valence-corrected chi connectivity index (χ3v) is 4.61. The molecule has 0 heterocycles. The Kier molecular flexibility index (Phi) is 7.76. The lowest BCUT2D eigenvalue weighted by molar-refractivity contribution is -0.149. The van der Waals surface area contributed by atoms with Gasteiger partial charge in [0.25, 0.3) is 5.91 Å². The summed E-state index contributed by atoms with van der Waals surface area (Å²) in [5.41, 5.74) is 1.13. The number of aryl methyl sites for hydroxylation is 1. The molecule has 0 radical (unpaired) electrons. The fourth-order valence-corrected chi connectivity index (χ4v) is 3.11. The summed E-state index contributed by atoms with van der Waals surface area (Å²) in [6.45, 7) is 4.42. The van der Waals surface area contributed by atoms with Crippen molar-refractivity contribution in [3.63, 3.8) is 0 Å². The quantitative estimate of drug-likeness (QED) is 0.578. The summed E-state index contributed by atoms with van der Waals surface area (Å²) in [5, 5.41) is 2.98. The van der Waals surface area contributed by atoms with Crippen LogP contribution in [0.25, 0.3) is 0 Å². The number of nitrogens with one attached hydrogen (secondary N) is 1. The predicted octanol–water partition coefficient (Wildman–Crippen LogP) is 3.39. The molecule has 0 unspecified atom stereocenters. The molecule has 1 aliphatic rings. The molecule has 2 atom stereocenters. The number of benzene rings is 1. The van der Waals surface area contributed by atoms with Crippen molar-refractivity contribution in [3.8, 4) is 5.75 Å². The van der Waals surface area contributed by atoms with Gasteiger partial charge in [0.2, 0.25) is 0 Å². The molecular weight excluding hydrogens is 318 g/mol. The Hall–Kier alpha value is -2.04. The molecule has 1 aromatic rings. The second-order valence-corrected chi connectivity index (χ2v) is 6.86. The number of ether oxygens (including phenoxy) is 2. The van der Waals surface area contributed by atoms with Gasteiger partial charge in [0, 0.05) is 12.5 Å². The van der Waals surface area contributed by atoms with E-state index in [2.05, 4.69) is 12.2 Å². The van der Waals surface area contributed by atoms with Crippen molar-refractivity contribution in [2.24, 2.45) is 5.92 Å². The molecule has 0 aliphatic heterocycles. The molecular formula is C20H29NO4. The van der Waals surface area contributed by atoms with Gasteiger partial charge in [-0.15, -0.1) is 0 Å². The maximum Gasteiger partial charge on any atom is 0.306 e. The van der Waals surface area contributed by atoms with Crippen LogP contribution in [0.4, 0.5) is 0 Å². The van der Waals surface area contributed by atoms with Gasteiger partial charge >= 0.3 is 5.97 Å². The van der Waals surface area contributed by atoms with Gasteiger partial charge in [-0.1, -0.05) is 31.9 Å². The lowest BCUT2D eigenvalue weighted by atomic mass is 9.86. The van der Waals surface area contributed by atoms with Gasteiger partial charge in [0.05, 0.1) is 6.61 Å². The maximum atomic E-state index is 11.9. The zero-order valence-electron chi connectivity index (χ0n) is 15.3. The van der Waals surface area contributed by atoms with E-state index < -0.39 is 0 Å². The highest BCUT2D eigenvalue weighted by molar-refractivity contribution is 5.80. The van der Waals surface area contributed by atoms with Crippen LogP contribution in [-0.2, 0) is 14.3 Å². The second kappa shape index (κ2) is 10.1. The van der Waals surface area contributed by atoms with Gasteiger partial charge in [0.1, 0.15) is 5.75 Å². The molecule has 138 valence electrons. The van der Waals surface area contributed by atoms with E-state index in [0.717, 1.165) is 30.6 Å². The van der Waals surface area contributed by atoms with Crippen molar-refractivity contribution < 1.29 is 19.1 Å². The van der Waals surface area contributed by atoms with E-state index in [9.17, 15) is 9.59 Å². The van der Waals surface area contributed by atoms with E-state index in [1.807, 2.05) is 31.2 Å². The van der Waals surface area contributed by atoms with Gasteiger partial charge in [-0.05, 0) is 49.8 Å². The van der Waals surface area contributed by atoms with Crippen LogP contribution >= 0.6 is 0 Å². The average molecular weight is 347 g/mol. The van der Waals surface area contributed by atoms with Crippen LogP contribution in [0, 0.1) is 12.8 Å². The summed E-state index contributed by atoms with van der Waals surface area (Å²) in [6.07, 6.45) is 5.35. The molecule has 1 fully saturated rings. The first-order valence-corrected chi connectivity index (χ1v) is 9.19. The van der Waals surface area contributed by atoms with E-state index in [1.165, 1.54) is 6.42 Å². The second-order valence-electron chi connectivity index (χ2n) is 6.86. The molecule has 1 saturated carbocycles. The number of esters is 1. The molecule has 0 bridgehead atoms. The first-order chi connectivity index (χ1) is 12.0. The highest BCUT2D eigenvalue weighted by Gasteiger charge is 2.23. The van der Waals surface area contributed by atoms with Crippen molar-refractivity contribution in [2.45, 2.75) is 58.4 Å². The Morgan fingerprint density at radius 1 is 1.24 bits per heavy atom. The minimum Gasteiger partial charge on any atom is -0.494 e. The zero-order valence-corrected chi connectivity index (χ0v) is 15.3. The standard InChI is InChI=1S/C20H29NO4/c1-15-7-5-9-17(13-15)24-12-6-11-20(23)25-14-19(22)21-18-10-4-3-8-16(18)2/h5,7,9,13,16,18H,3-4,6,8,10-12,14H2,1-2H3,(H,21,22)/t16-,18-/m1/s1. The van der Waals surface area contributed by atoms with Crippen LogP contribution in [-0.4, -0.2) is 31.1 Å². The Balaban J connectivity index is 1.56. The predicted molar refractivity (Wildman–Crippen MR) is 96.4 cm³/mol. The number of amides is 1. The summed E-state index contributed by atoms with van der Waals surface area (Å²) in [6, 6.07) is 7.99. The highest BCUT2D eigenvalue weighted by Crippen LogP contribution is 2.23. The Bertz CT molecular complexity index is 573. The molecule has 5 heteroatoms. The van der Waals surface area contributed by atoms with Crippen LogP contribution < -0.4 is 10.1 Å². The minimum atomic E-state index is -0.361. The third-order valence-electron chi connectivity index (χ3n) is 4.61. The fraction of sp³-hybridized carbons (Fsp3) is 0.600. The normalized spacial score (nSPS) is 19.9. The van der Waals surface area contributed by atoms with Gasteiger partial charge in [-0.25, -0.2) is 0 Å². The third kappa shape index (κ3) is 7.16. The van der Waals surface area contributed by atoms with Crippen molar-refractivity contribution in [2.75, 3.05) is 13.2 Å².